The van der Waals surface area contributed by atoms with E-state index in [0.717, 1.165) is 15.8 Å². The van der Waals surface area contributed by atoms with Crippen molar-refractivity contribution in [1.82, 2.24) is 10.3 Å². The first kappa shape index (κ1) is 13.8. The molecule has 1 rings (SSSR count). The number of nitrogens with one attached hydrogen (secondary N) is 1. The van der Waals surface area contributed by atoms with E-state index in [2.05, 4.69) is 21.4 Å². The fourth-order valence-corrected chi connectivity index (χ4v) is 1.85. The van der Waals surface area contributed by atoms with E-state index < -0.39 is 0 Å². The van der Waals surface area contributed by atoms with Crippen LogP contribution < -0.4 is 16.0 Å². The van der Waals surface area contributed by atoms with E-state index in [-0.39, 0.29) is 6.03 Å². The topological polar surface area (TPSA) is 67.6 Å². The second kappa shape index (κ2) is 6.46. The van der Waals surface area contributed by atoms with Crippen molar-refractivity contribution in [2.75, 3.05) is 20.7 Å². The Hall–Kier alpha value is -1.27. The number of hydrogen-bond acceptors (Lipinski definition) is 3. The Morgan fingerprint density at radius 3 is 2.88 bits per heavy atom. The number of rotatable bonds is 4. The Kier molecular flexibility index (Phi) is 5.24. The monoisotopic (exact) mass is 301 g/mol. The summed E-state index contributed by atoms with van der Waals surface area (Å²) >= 11 is 3.41. The molecule has 17 heavy (non-hydrogen) atoms. The molecule has 6 heteroatoms. The molecule has 1 aromatic carbocycles. The first-order chi connectivity index (χ1) is 8.08. The number of nitrogens with two attached hydrogens (primary N) is 1. The van der Waals surface area contributed by atoms with Crippen molar-refractivity contribution >= 4 is 22.0 Å². The molecule has 5 nitrogen and oxygen atoms in total. The zero-order chi connectivity index (χ0) is 12.8. The molecule has 1 aromatic rings. The van der Waals surface area contributed by atoms with Gasteiger partial charge in [0.05, 0.1) is 7.11 Å². The summed E-state index contributed by atoms with van der Waals surface area (Å²) in [5.74, 6) is 5.86. The number of halogens is 1. The first-order valence-electron chi connectivity index (χ1n) is 5.12. The maximum absolute atomic E-state index is 11.2. The second-order valence-corrected chi connectivity index (χ2v) is 4.49. The molecule has 0 atom stereocenters. The number of likely N-dealkylation sites (N-methyl/N-ethyl adjacent to an activating group) is 1. The summed E-state index contributed by atoms with van der Waals surface area (Å²) in [6.45, 7) is 0.565. The van der Waals surface area contributed by atoms with E-state index in [1.165, 1.54) is 4.90 Å². The van der Waals surface area contributed by atoms with E-state index >= 15 is 0 Å². The molecule has 0 spiro atoms. The van der Waals surface area contributed by atoms with Gasteiger partial charge in [0.1, 0.15) is 5.75 Å². The largest absolute Gasteiger partial charge is 0.496 e. The van der Waals surface area contributed by atoms with Crippen molar-refractivity contribution in [2.24, 2.45) is 5.84 Å². The fourth-order valence-electron chi connectivity index (χ4n) is 1.44. The van der Waals surface area contributed by atoms with Crippen LogP contribution in [0.15, 0.2) is 22.7 Å². The number of amides is 2. The lowest BCUT2D eigenvalue weighted by Crippen LogP contribution is -2.41. The number of benzene rings is 1. The van der Waals surface area contributed by atoms with Gasteiger partial charge in [-0.2, -0.15) is 0 Å². The van der Waals surface area contributed by atoms with Gasteiger partial charge in [0.2, 0.25) is 0 Å². The summed E-state index contributed by atoms with van der Waals surface area (Å²) in [5, 5.41) is 0. The molecule has 0 unspecified atom stereocenters. The minimum Gasteiger partial charge on any atom is -0.496 e. The molecule has 0 fully saturated rings. The number of ether oxygens (including phenoxy) is 1. The van der Waals surface area contributed by atoms with Crippen LogP contribution in [-0.2, 0) is 6.42 Å². The summed E-state index contributed by atoms with van der Waals surface area (Å²) in [6, 6.07) is 5.48. The predicted molar refractivity (Wildman–Crippen MR) is 69.7 cm³/mol. The highest BCUT2D eigenvalue weighted by Gasteiger charge is 2.09. The summed E-state index contributed by atoms with van der Waals surface area (Å²) in [7, 11) is 3.32. The molecule has 2 amide bonds. The van der Waals surface area contributed by atoms with Crippen LogP contribution >= 0.6 is 15.9 Å². The molecule has 0 aliphatic heterocycles. The molecule has 0 heterocycles. The van der Waals surface area contributed by atoms with Gasteiger partial charge in [0, 0.05) is 18.1 Å². The molecule has 0 radical (unpaired) electrons. The molecule has 3 N–H and O–H groups in total. The van der Waals surface area contributed by atoms with Crippen molar-refractivity contribution < 1.29 is 9.53 Å². The van der Waals surface area contributed by atoms with Crippen LogP contribution in [0.5, 0.6) is 5.75 Å². The summed E-state index contributed by atoms with van der Waals surface area (Å²) in [6.07, 6.45) is 0.701. The summed E-state index contributed by atoms with van der Waals surface area (Å²) in [5.41, 5.74) is 3.13. The van der Waals surface area contributed by atoms with Gasteiger partial charge in [-0.05, 0) is 30.2 Å². The number of methoxy groups -OCH3 is 1. The molecule has 0 aliphatic carbocycles. The molecule has 0 aromatic heterocycles. The molecular weight excluding hydrogens is 286 g/mol. The fraction of sp³-hybridized carbons (Fsp3) is 0.364. The van der Waals surface area contributed by atoms with Crippen LogP contribution in [-0.4, -0.2) is 31.6 Å². The zero-order valence-electron chi connectivity index (χ0n) is 9.87. The molecule has 94 valence electrons. The van der Waals surface area contributed by atoms with E-state index in [4.69, 9.17) is 10.6 Å². The standard InChI is InChI=1S/C11H16BrN3O2/c1-15(11(16)14-13)6-5-8-7-9(12)3-4-10(8)17-2/h3-4,7H,5-6,13H2,1-2H3,(H,14,16). The summed E-state index contributed by atoms with van der Waals surface area (Å²) in [4.78, 5) is 12.7. The number of carbonyl (C=O) groups is 1. The molecular formula is C11H16BrN3O2. The number of urea groups is 1. The maximum atomic E-state index is 11.2. The Labute approximate surface area is 109 Å². The van der Waals surface area contributed by atoms with Crippen molar-refractivity contribution in [2.45, 2.75) is 6.42 Å². The number of hydrazine groups is 1. The minimum absolute atomic E-state index is 0.307. The van der Waals surface area contributed by atoms with Crippen LogP contribution in [0.4, 0.5) is 4.79 Å². The van der Waals surface area contributed by atoms with E-state index in [1.807, 2.05) is 18.2 Å². The van der Waals surface area contributed by atoms with Gasteiger partial charge in [0.15, 0.2) is 0 Å². The Morgan fingerprint density at radius 1 is 1.59 bits per heavy atom. The van der Waals surface area contributed by atoms with Gasteiger partial charge in [-0.1, -0.05) is 15.9 Å². The molecule has 0 aliphatic rings. The third kappa shape index (κ3) is 3.90. The number of carbonyl (C=O) groups excluding carboxylic acids is 1. The van der Waals surface area contributed by atoms with Crippen LogP contribution in [0.25, 0.3) is 0 Å². The maximum Gasteiger partial charge on any atom is 0.331 e. The Morgan fingerprint density at radius 2 is 2.29 bits per heavy atom. The average molecular weight is 302 g/mol. The van der Waals surface area contributed by atoms with E-state index in [0.29, 0.717) is 13.0 Å². The van der Waals surface area contributed by atoms with Gasteiger partial charge in [-0.15, -0.1) is 0 Å². The van der Waals surface area contributed by atoms with Gasteiger partial charge in [-0.3, -0.25) is 5.43 Å². The van der Waals surface area contributed by atoms with Gasteiger partial charge >= 0.3 is 6.03 Å². The van der Waals surface area contributed by atoms with Crippen LogP contribution in [0, 0.1) is 0 Å². The molecule has 0 saturated heterocycles. The van der Waals surface area contributed by atoms with E-state index in [1.54, 1.807) is 14.2 Å². The van der Waals surface area contributed by atoms with Crippen LogP contribution in [0.1, 0.15) is 5.56 Å². The van der Waals surface area contributed by atoms with E-state index in [9.17, 15) is 4.79 Å². The third-order valence-corrected chi connectivity index (χ3v) is 2.92. The lowest BCUT2D eigenvalue weighted by atomic mass is 10.1. The van der Waals surface area contributed by atoms with Gasteiger partial charge in [-0.25, -0.2) is 10.6 Å². The summed E-state index contributed by atoms with van der Waals surface area (Å²) < 4.78 is 6.24. The van der Waals surface area contributed by atoms with Gasteiger partial charge < -0.3 is 9.64 Å². The van der Waals surface area contributed by atoms with Crippen molar-refractivity contribution in [1.29, 1.82) is 0 Å². The Bertz CT molecular complexity index is 398. The normalized spacial score (nSPS) is 9.88. The van der Waals surface area contributed by atoms with Crippen molar-refractivity contribution in [3.8, 4) is 5.75 Å². The minimum atomic E-state index is -0.307. The number of nitrogens with zero attached hydrogens (tertiary/aromatic N) is 1. The first-order valence-corrected chi connectivity index (χ1v) is 5.92. The highest BCUT2D eigenvalue weighted by molar-refractivity contribution is 9.10. The quantitative estimate of drug-likeness (QED) is 0.503. The number of hydrogen-bond donors (Lipinski definition) is 2. The predicted octanol–water partition coefficient (Wildman–Crippen LogP) is 1.52. The van der Waals surface area contributed by atoms with Crippen molar-refractivity contribution in [3.05, 3.63) is 28.2 Å². The van der Waals surface area contributed by atoms with Crippen LogP contribution in [0.2, 0.25) is 0 Å². The zero-order valence-corrected chi connectivity index (χ0v) is 11.5. The van der Waals surface area contributed by atoms with Crippen molar-refractivity contribution in [3.63, 3.8) is 0 Å². The van der Waals surface area contributed by atoms with Crippen LogP contribution in [0.3, 0.4) is 0 Å². The molecule has 0 saturated carbocycles. The highest BCUT2D eigenvalue weighted by Crippen LogP contribution is 2.23. The lowest BCUT2D eigenvalue weighted by Gasteiger charge is -2.17. The van der Waals surface area contributed by atoms with Gasteiger partial charge in [0.25, 0.3) is 0 Å². The smallest absolute Gasteiger partial charge is 0.331 e. The highest BCUT2D eigenvalue weighted by atomic mass is 79.9. The second-order valence-electron chi connectivity index (χ2n) is 3.58. The average Bonchev–Trinajstić information content (AvgIpc) is 2.35. The lowest BCUT2D eigenvalue weighted by molar-refractivity contribution is 0.209. The molecule has 0 bridgehead atoms. The Balaban J connectivity index is 2.68. The SMILES string of the molecule is COc1ccc(Br)cc1CCN(C)C(=O)NN. The third-order valence-electron chi connectivity index (χ3n) is 2.43.